The molecule has 0 radical (unpaired) electrons. The van der Waals surface area contributed by atoms with Gasteiger partial charge in [0.15, 0.2) is 9.84 Å². The van der Waals surface area contributed by atoms with E-state index >= 15 is 0 Å². The second-order valence-corrected chi connectivity index (χ2v) is 9.57. The van der Waals surface area contributed by atoms with Crippen LogP contribution in [0.4, 0.5) is 11.4 Å². The molecule has 0 bridgehead atoms. The first kappa shape index (κ1) is 21.3. The van der Waals surface area contributed by atoms with Gasteiger partial charge in [0.1, 0.15) is 0 Å². The summed E-state index contributed by atoms with van der Waals surface area (Å²) in [6, 6.07) is 11.6. The second-order valence-electron chi connectivity index (χ2n) is 7.06. The maximum Gasteiger partial charge on any atom is 0.226 e. The zero-order valence-corrected chi connectivity index (χ0v) is 17.9. The molecule has 1 heterocycles. The Morgan fingerprint density at radius 3 is 2.62 bits per heavy atom. The molecule has 3 rings (SSSR count). The molecule has 0 saturated heterocycles. The number of carbonyl (C=O) groups is 2. The fourth-order valence-corrected chi connectivity index (χ4v) is 4.94. The molecule has 6 nitrogen and oxygen atoms in total. The molecule has 0 saturated carbocycles. The van der Waals surface area contributed by atoms with Crippen molar-refractivity contribution in [2.75, 3.05) is 16.0 Å². The highest BCUT2D eigenvalue weighted by Crippen LogP contribution is 2.34. The number of anilines is 2. The van der Waals surface area contributed by atoms with Crippen molar-refractivity contribution in [3.05, 3.63) is 53.1 Å². The molecule has 0 unspecified atom stereocenters. The third-order valence-electron chi connectivity index (χ3n) is 4.94. The van der Waals surface area contributed by atoms with Crippen molar-refractivity contribution in [3.63, 3.8) is 0 Å². The zero-order valence-electron chi connectivity index (χ0n) is 16.3. The fraction of sp³-hybridized carbons (Fsp3) is 0.333. The summed E-state index contributed by atoms with van der Waals surface area (Å²) in [4.78, 5) is 26.2. The number of para-hydroxylation sites is 1. The number of nitrogens with zero attached hydrogens (tertiary/aromatic N) is 1. The zero-order chi connectivity index (χ0) is 21.2. The summed E-state index contributed by atoms with van der Waals surface area (Å²) in [5, 5.41) is 3.02. The van der Waals surface area contributed by atoms with Gasteiger partial charge in [0.05, 0.1) is 21.4 Å². The highest BCUT2D eigenvalue weighted by atomic mass is 35.5. The van der Waals surface area contributed by atoms with Gasteiger partial charge in [-0.25, -0.2) is 8.42 Å². The second kappa shape index (κ2) is 8.55. The highest BCUT2D eigenvalue weighted by Gasteiger charge is 2.31. The Hall–Kier alpha value is -2.38. The quantitative estimate of drug-likeness (QED) is 0.748. The predicted octanol–water partition coefficient (Wildman–Crippen LogP) is 3.83. The Bertz CT molecular complexity index is 1050. The monoisotopic (exact) mass is 434 g/mol. The highest BCUT2D eigenvalue weighted by molar-refractivity contribution is 7.91. The standard InChI is InChI=1S/C21H23ClN2O4S/c1-3-21(26)24-14(2)12-15-13-16(8-9-19(15)24)29(27,28)11-10-20(25)23-18-7-5-4-6-17(18)22/h4-9,13-14H,3,10-12H2,1-2H3,(H,23,25)/t14-/m0/s1. The molecule has 0 aromatic heterocycles. The lowest BCUT2D eigenvalue weighted by Crippen LogP contribution is -2.35. The van der Waals surface area contributed by atoms with Crippen molar-refractivity contribution >= 4 is 44.6 Å². The van der Waals surface area contributed by atoms with E-state index in [1.807, 2.05) is 6.92 Å². The van der Waals surface area contributed by atoms with E-state index in [4.69, 9.17) is 11.6 Å². The van der Waals surface area contributed by atoms with Crippen LogP contribution in [-0.2, 0) is 25.8 Å². The molecule has 1 aliphatic rings. The maximum absolute atomic E-state index is 12.7. The Morgan fingerprint density at radius 1 is 1.21 bits per heavy atom. The topological polar surface area (TPSA) is 83.6 Å². The molecule has 1 atom stereocenters. The van der Waals surface area contributed by atoms with Crippen molar-refractivity contribution < 1.29 is 18.0 Å². The van der Waals surface area contributed by atoms with E-state index in [0.29, 0.717) is 23.6 Å². The molecule has 0 aliphatic carbocycles. The minimum absolute atomic E-state index is 0.00296. The van der Waals surface area contributed by atoms with Crippen LogP contribution in [0.2, 0.25) is 5.02 Å². The van der Waals surface area contributed by atoms with Crippen LogP contribution in [0.25, 0.3) is 0 Å². The third kappa shape index (κ3) is 4.62. The van der Waals surface area contributed by atoms with Gasteiger partial charge in [-0.05, 0) is 49.2 Å². The van der Waals surface area contributed by atoms with Crippen LogP contribution in [-0.4, -0.2) is 32.0 Å². The molecule has 8 heteroatoms. The van der Waals surface area contributed by atoms with E-state index in [-0.39, 0.29) is 29.0 Å². The van der Waals surface area contributed by atoms with Crippen LogP contribution in [0.5, 0.6) is 0 Å². The van der Waals surface area contributed by atoms with Crippen LogP contribution in [0.1, 0.15) is 32.3 Å². The van der Waals surface area contributed by atoms with E-state index < -0.39 is 15.7 Å². The van der Waals surface area contributed by atoms with Crippen LogP contribution >= 0.6 is 11.6 Å². The Morgan fingerprint density at radius 2 is 1.93 bits per heavy atom. The summed E-state index contributed by atoms with van der Waals surface area (Å²) in [6.45, 7) is 3.75. The lowest BCUT2D eigenvalue weighted by Gasteiger charge is -2.22. The summed E-state index contributed by atoms with van der Waals surface area (Å²) in [7, 11) is -3.64. The van der Waals surface area contributed by atoms with Gasteiger partial charge in [-0.1, -0.05) is 30.7 Å². The summed E-state index contributed by atoms with van der Waals surface area (Å²) >= 11 is 6.00. The van der Waals surface area contributed by atoms with Gasteiger partial charge < -0.3 is 10.2 Å². The summed E-state index contributed by atoms with van der Waals surface area (Å²) in [5.74, 6) is -0.714. The minimum atomic E-state index is -3.64. The lowest BCUT2D eigenvalue weighted by atomic mass is 10.1. The van der Waals surface area contributed by atoms with E-state index in [9.17, 15) is 18.0 Å². The Kier molecular flexibility index (Phi) is 6.29. The number of hydrogen-bond acceptors (Lipinski definition) is 4. The number of halogens is 1. The maximum atomic E-state index is 12.7. The van der Waals surface area contributed by atoms with Gasteiger partial charge in [0.2, 0.25) is 11.8 Å². The largest absolute Gasteiger partial charge is 0.325 e. The number of benzene rings is 2. The van der Waals surface area contributed by atoms with Crippen molar-refractivity contribution in [2.45, 2.75) is 44.0 Å². The van der Waals surface area contributed by atoms with E-state index in [1.165, 1.54) is 6.07 Å². The van der Waals surface area contributed by atoms with E-state index in [1.54, 1.807) is 48.2 Å². The first-order chi connectivity index (χ1) is 13.7. The van der Waals surface area contributed by atoms with Crippen molar-refractivity contribution in [1.29, 1.82) is 0 Å². The molecule has 1 aliphatic heterocycles. The van der Waals surface area contributed by atoms with Gasteiger partial charge in [-0.15, -0.1) is 0 Å². The van der Waals surface area contributed by atoms with Crippen LogP contribution in [0.15, 0.2) is 47.4 Å². The lowest BCUT2D eigenvalue weighted by molar-refractivity contribution is -0.118. The SMILES string of the molecule is CCC(=O)N1c2ccc(S(=O)(=O)CCC(=O)Nc3ccccc3Cl)cc2C[C@@H]1C. The number of rotatable bonds is 6. The molecular weight excluding hydrogens is 412 g/mol. The average molecular weight is 435 g/mol. The number of carbonyl (C=O) groups excluding carboxylic acids is 2. The molecule has 0 spiro atoms. The summed E-state index contributed by atoms with van der Waals surface area (Å²) in [5.41, 5.74) is 2.05. The van der Waals surface area contributed by atoms with Gasteiger partial charge in [-0.3, -0.25) is 9.59 Å². The van der Waals surface area contributed by atoms with Crippen molar-refractivity contribution in [3.8, 4) is 0 Å². The van der Waals surface area contributed by atoms with Crippen LogP contribution in [0, 0.1) is 0 Å². The molecular formula is C21H23ClN2O4S. The molecule has 2 amide bonds. The fourth-order valence-electron chi connectivity index (χ4n) is 3.47. The first-order valence-corrected chi connectivity index (χ1v) is 11.5. The van der Waals surface area contributed by atoms with Crippen molar-refractivity contribution in [2.24, 2.45) is 0 Å². The van der Waals surface area contributed by atoms with E-state index in [0.717, 1.165) is 11.3 Å². The van der Waals surface area contributed by atoms with Gasteiger partial charge in [-0.2, -0.15) is 0 Å². The molecule has 154 valence electrons. The van der Waals surface area contributed by atoms with E-state index in [2.05, 4.69) is 5.32 Å². The normalized spacial score (nSPS) is 15.8. The molecule has 1 N–H and O–H groups in total. The molecule has 29 heavy (non-hydrogen) atoms. The number of nitrogens with one attached hydrogen (secondary N) is 1. The third-order valence-corrected chi connectivity index (χ3v) is 6.99. The molecule has 2 aromatic rings. The smallest absolute Gasteiger partial charge is 0.226 e. The Balaban J connectivity index is 1.71. The van der Waals surface area contributed by atoms with Gasteiger partial charge in [0, 0.05) is 24.6 Å². The predicted molar refractivity (Wildman–Crippen MR) is 114 cm³/mol. The first-order valence-electron chi connectivity index (χ1n) is 9.45. The Labute approximate surface area is 175 Å². The summed E-state index contributed by atoms with van der Waals surface area (Å²) in [6.07, 6.45) is 0.823. The number of sulfone groups is 1. The van der Waals surface area contributed by atoms with Crippen molar-refractivity contribution in [1.82, 2.24) is 0 Å². The van der Waals surface area contributed by atoms with Crippen LogP contribution in [0.3, 0.4) is 0 Å². The minimum Gasteiger partial charge on any atom is -0.325 e. The molecule has 0 fully saturated rings. The van der Waals surface area contributed by atoms with Gasteiger partial charge in [0.25, 0.3) is 0 Å². The molecule has 2 aromatic carbocycles. The number of amides is 2. The summed E-state index contributed by atoms with van der Waals surface area (Å²) < 4.78 is 25.4. The average Bonchev–Trinajstić information content (AvgIpc) is 3.02. The number of fused-ring (bicyclic) bond motifs is 1. The number of hydrogen-bond donors (Lipinski definition) is 1. The van der Waals surface area contributed by atoms with Gasteiger partial charge >= 0.3 is 0 Å². The van der Waals surface area contributed by atoms with Crippen LogP contribution < -0.4 is 10.2 Å².